The van der Waals surface area contributed by atoms with E-state index < -0.39 is 0 Å². The van der Waals surface area contributed by atoms with Crippen LogP contribution >= 0.6 is 0 Å². The molecule has 2 aromatic heterocycles. The van der Waals surface area contributed by atoms with Gasteiger partial charge in [-0.05, 0) is 36.6 Å². The van der Waals surface area contributed by atoms with Gasteiger partial charge in [0.2, 0.25) is 5.91 Å². The fourth-order valence-electron chi connectivity index (χ4n) is 3.17. The Hall–Kier alpha value is -2.73. The zero-order chi connectivity index (χ0) is 16.5. The summed E-state index contributed by atoms with van der Waals surface area (Å²) >= 11 is 0. The van der Waals surface area contributed by atoms with Crippen molar-refractivity contribution in [3.63, 3.8) is 0 Å². The maximum absolute atomic E-state index is 12.6. The van der Waals surface area contributed by atoms with E-state index in [9.17, 15) is 4.79 Å². The summed E-state index contributed by atoms with van der Waals surface area (Å²) in [6.45, 7) is 2.65. The number of nitrogens with zero attached hydrogens (tertiary/aromatic N) is 3. The van der Waals surface area contributed by atoms with Crippen molar-refractivity contribution in [2.45, 2.75) is 32.0 Å². The number of nitrogens with one attached hydrogen (secondary N) is 2. The molecule has 6 nitrogen and oxygen atoms in total. The molecule has 0 saturated carbocycles. The lowest BCUT2D eigenvalue weighted by Gasteiger charge is -2.26. The number of carbonyl (C=O) groups is 1. The first-order valence-corrected chi connectivity index (χ1v) is 8.12. The lowest BCUT2D eigenvalue weighted by molar-refractivity contribution is -0.124. The molecule has 0 radical (unpaired) electrons. The molecule has 3 heterocycles. The van der Waals surface area contributed by atoms with Crippen molar-refractivity contribution in [2.75, 3.05) is 0 Å². The zero-order valence-corrected chi connectivity index (χ0v) is 13.4. The van der Waals surface area contributed by atoms with Gasteiger partial charge in [0.05, 0.1) is 12.1 Å². The van der Waals surface area contributed by atoms with Gasteiger partial charge in [0, 0.05) is 12.7 Å². The van der Waals surface area contributed by atoms with Crippen LogP contribution < -0.4 is 10.6 Å². The van der Waals surface area contributed by atoms with Gasteiger partial charge in [0.25, 0.3) is 0 Å². The Morgan fingerprint density at radius 1 is 1.21 bits per heavy atom. The van der Waals surface area contributed by atoms with Crippen LogP contribution in [0.4, 0.5) is 0 Å². The minimum absolute atomic E-state index is 0.00955. The average Bonchev–Trinajstić information content (AvgIpc) is 3.05. The van der Waals surface area contributed by atoms with Gasteiger partial charge in [-0.1, -0.05) is 30.3 Å². The number of fused-ring (bicyclic) bond motifs is 2. The normalized spacial score (nSPS) is 18.1. The van der Waals surface area contributed by atoms with E-state index >= 15 is 0 Å². The Morgan fingerprint density at radius 2 is 2.00 bits per heavy atom. The van der Waals surface area contributed by atoms with Gasteiger partial charge < -0.3 is 10.6 Å². The summed E-state index contributed by atoms with van der Waals surface area (Å²) < 4.78 is 1.90. The minimum atomic E-state index is -0.221. The van der Waals surface area contributed by atoms with E-state index in [1.807, 2.05) is 47.9 Å². The first kappa shape index (κ1) is 14.8. The molecule has 0 spiro atoms. The van der Waals surface area contributed by atoms with Crippen molar-refractivity contribution in [1.82, 2.24) is 25.2 Å². The molecule has 6 heteroatoms. The van der Waals surface area contributed by atoms with Gasteiger partial charge in [0.1, 0.15) is 0 Å². The highest BCUT2D eigenvalue weighted by Gasteiger charge is 2.26. The summed E-state index contributed by atoms with van der Waals surface area (Å²) in [6.07, 6.45) is 2.61. The summed E-state index contributed by atoms with van der Waals surface area (Å²) in [5.74, 6) is 0.722. The Morgan fingerprint density at radius 3 is 2.88 bits per heavy atom. The third kappa shape index (κ3) is 2.65. The number of hydrogen-bond donors (Lipinski definition) is 2. The monoisotopic (exact) mass is 321 g/mol. The van der Waals surface area contributed by atoms with E-state index in [0.717, 1.165) is 18.0 Å². The van der Waals surface area contributed by atoms with Crippen LogP contribution in [0.15, 0.2) is 48.7 Å². The summed E-state index contributed by atoms with van der Waals surface area (Å²) in [7, 11) is 0. The van der Waals surface area contributed by atoms with E-state index in [1.54, 1.807) is 0 Å². The summed E-state index contributed by atoms with van der Waals surface area (Å²) in [5.41, 5.74) is 3.27. The first-order chi connectivity index (χ1) is 11.7. The molecule has 1 amide bonds. The molecule has 122 valence electrons. The highest BCUT2D eigenvalue weighted by atomic mass is 16.2. The van der Waals surface area contributed by atoms with Gasteiger partial charge in [-0.15, -0.1) is 10.2 Å². The molecule has 2 atom stereocenters. The predicted molar refractivity (Wildman–Crippen MR) is 90.3 cm³/mol. The predicted octanol–water partition coefficient (Wildman–Crippen LogP) is 1.62. The van der Waals surface area contributed by atoms with Crippen LogP contribution in [0.25, 0.3) is 5.65 Å². The van der Waals surface area contributed by atoms with Crippen molar-refractivity contribution < 1.29 is 4.79 Å². The summed E-state index contributed by atoms with van der Waals surface area (Å²) in [6, 6.07) is 13.5. The largest absolute Gasteiger partial charge is 0.345 e. The van der Waals surface area contributed by atoms with Gasteiger partial charge in [-0.25, -0.2) is 0 Å². The maximum Gasteiger partial charge on any atom is 0.238 e. The zero-order valence-electron chi connectivity index (χ0n) is 13.4. The molecule has 0 fully saturated rings. The molecule has 0 bridgehead atoms. The van der Waals surface area contributed by atoms with Crippen molar-refractivity contribution in [1.29, 1.82) is 0 Å². The Bertz CT molecular complexity index is 888. The van der Waals surface area contributed by atoms with E-state index in [1.165, 1.54) is 11.1 Å². The standard InChI is InChI=1S/C18H19N5O/c1-12(17-22-21-16-8-4-5-9-23(16)17)20-18(24)15-10-13-6-2-3-7-14(13)11-19-15/h2-9,12,15,19H,10-11H2,1H3,(H,20,24). The molecule has 3 aromatic rings. The molecular weight excluding hydrogens is 302 g/mol. The molecule has 24 heavy (non-hydrogen) atoms. The number of hydrogen-bond acceptors (Lipinski definition) is 4. The van der Waals surface area contributed by atoms with E-state index in [-0.39, 0.29) is 18.0 Å². The average molecular weight is 321 g/mol. The van der Waals surface area contributed by atoms with Crippen LogP contribution in [0.1, 0.15) is 29.9 Å². The fraction of sp³-hybridized carbons (Fsp3) is 0.278. The van der Waals surface area contributed by atoms with Crippen LogP contribution in [-0.2, 0) is 17.8 Å². The third-order valence-corrected chi connectivity index (χ3v) is 4.48. The topological polar surface area (TPSA) is 71.3 Å². The highest BCUT2D eigenvalue weighted by Crippen LogP contribution is 2.17. The molecule has 2 unspecified atom stereocenters. The van der Waals surface area contributed by atoms with Crippen molar-refractivity contribution in [2.24, 2.45) is 0 Å². The molecule has 2 N–H and O–H groups in total. The van der Waals surface area contributed by atoms with Crippen molar-refractivity contribution in [3.05, 3.63) is 65.6 Å². The van der Waals surface area contributed by atoms with Crippen LogP contribution in [-0.4, -0.2) is 26.5 Å². The Kier molecular flexibility index (Phi) is 3.74. The Balaban J connectivity index is 1.48. The smallest absolute Gasteiger partial charge is 0.238 e. The molecule has 1 aromatic carbocycles. The number of carbonyl (C=O) groups excluding carboxylic acids is 1. The summed E-state index contributed by atoms with van der Waals surface area (Å²) in [5, 5.41) is 14.7. The second-order valence-electron chi connectivity index (χ2n) is 6.12. The maximum atomic E-state index is 12.6. The van der Waals surface area contributed by atoms with Crippen LogP contribution in [0.5, 0.6) is 0 Å². The fourth-order valence-corrected chi connectivity index (χ4v) is 3.17. The van der Waals surface area contributed by atoms with Crippen molar-refractivity contribution >= 4 is 11.6 Å². The molecule has 0 saturated heterocycles. The lowest BCUT2D eigenvalue weighted by atomic mass is 9.95. The second kappa shape index (κ2) is 6.05. The first-order valence-electron chi connectivity index (χ1n) is 8.12. The lowest BCUT2D eigenvalue weighted by Crippen LogP contribution is -2.48. The van der Waals surface area contributed by atoms with Crippen LogP contribution in [0.3, 0.4) is 0 Å². The number of pyridine rings is 1. The third-order valence-electron chi connectivity index (χ3n) is 4.48. The highest BCUT2D eigenvalue weighted by molar-refractivity contribution is 5.82. The minimum Gasteiger partial charge on any atom is -0.345 e. The number of rotatable bonds is 3. The number of aromatic nitrogens is 3. The molecule has 4 rings (SSSR count). The number of amides is 1. The van der Waals surface area contributed by atoms with E-state index in [2.05, 4.69) is 33.0 Å². The quantitative estimate of drug-likeness (QED) is 0.769. The van der Waals surface area contributed by atoms with Gasteiger partial charge in [0.15, 0.2) is 11.5 Å². The summed E-state index contributed by atoms with van der Waals surface area (Å²) in [4.78, 5) is 12.6. The molecular formula is C18H19N5O. The van der Waals surface area contributed by atoms with Gasteiger partial charge in [-0.2, -0.15) is 0 Å². The van der Waals surface area contributed by atoms with Crippen molar-refractivity contribution in [3.8, 4) is 0 Å². The molecule has 0 aliphatic carbocycles. The molecule has 1 aliphatic rings. The SMILES string of the molecule is CC(NC(=O)C1Cc2ccccc2CN1)c1nnc2ccccn12. The van der Waals surface area contributed by atoms with Gasteiger partial charge in [-0.3, -0.25) is 9.20 Å². The van der Waals surface area contributed by atoms with Crippen LogP contribution in [0.2, 0.25) is 0 Å². The van der Waals surface area contributed by atoms with Crippen LogP contribution in [0, 0.1) is 0 Å². The number of benzene rings is 1. The Labute approximate surface area is 139 Å². The van der Waals surface area contributed by atoms with Gasteiger partial charge >= 0.3 is 0 Å². The van der Waals surface area contributed by atoms with E-state index in [4.69, 9.17) is 0 Å². The van der Waals surface area contributed by atoms with E-state index in [0.29, 0.717) is 6.42 Å². The second-order valence-corrected chi connectivity index (χ2v) is 6.12. The molecule has 1 aliphatic heterocycles.